The fourth-order valence-electron chi connectivity index (χ4n) is 1.34. The van der Waals surface area contributed by atoms with E-state index in [1.807, 2.05) is 0 Å². The second kappa shape index (κ2) is 6.88. The Kier molecular flexibility index (Phi) is 5.77. The molecule has 0 spiro atoms. The number of esters is 1. The molecule has 0 radical (unpaired) electrons. The lowest BCUT2D eigenvalue weighted by molar-refractivity contribution is -0.142. The zero-order chi connectivity index (χ0) is 14.5. The van der Waals surface area contributed by atoms with Crippen LogP contribution in [0.25, 0.3) is 0 Å². The SMILES string of the molecule is CCOC(=O)CCNS(=O)(=O)c1cc(Br)ccc1N. The molecule has 19 heavy (non-hydrogen) atoms. The minimum Gasteiger partial charge on any atom is -0.466 e. The molecule has 0 amide bonds. The second-order valence-corrected chi connectivity index (χ2v) is 6.29. The minimum absolute atomic E-state index is 0.0225. The molecule has 6 nitrogen and oxygen atoms in total. The van der Waals surface area contributed by atoms with Gasteiger partial charge in [-0.15, -0.1) is 0 Å². The van der Waals surface area contributed by atoms with Crippen molar-refractivity contribution in [1.82, 2.24) is 4.72 Å². The van der Waals surface area contributed by atoms with Crippen LogP contribution in [-0.4, -0.2) is 27.5 Å². The van der Waals surface area contributed by atoms with Gasteiger partial charge in [0.15, 0.2) is 0 Å². The van der Waals surface area contributed by atoms with E-state index in [0.29, 0.717) is 4.47 Å². The van der Waals surface area contributed by atoms with Gasteiger partial charge in [-0.1, -0.05) is 15.9 Å². The van der Waals surface area contributed by atoms with Crippen LogP contribution in [0.3, 0.4) is 0 Å². The van der Waals surface area contributed by atoms with Crippen LogP contribution in [0.1, 0.15) is 13.3 Å². The van der Waals surface area contributed by atoms with E-state index >= 15 is 0 Å². The number of nitrogen functional groups attached to an aromatic ring is 1. The summed E-state index contributed by atoms with van der Waals surface area (Å²) in [6, 6.07) is 4.54. The van der Waals surface area contributed by atoms with Crippen LogP contribution in [0.15, 0.2) is 27.6 Å². The number of ether oxygens (including phenoxy) is 1. The van der Waals surface area contributed by atoms with E-state index in [4.69, 9.17) is 10.5 Å². The van der Waals surface area contributed by atoms with Crippen molar-refractivity contribution in [2.75, 3.05) is 18.9 Å². The van der Waals surface area contributed by atoms with Gasteiger partial charge in [-0.25, -0.2) is 13.1 Å². The van der Waals surface area contributed by atoms with E-state index in [9.17, 15) is 13.2 Å². The van der Waals surface area contributed by atoms with Crippen molar-refractivity contribution in [3.63, 3.8) is 0 Å². The fraction of sp³-hybridized carbons (Fsp3) is 0.364. The average Bonchev–Trinajstić information content (AvgIpc) is 2.32. The number of nitrogens with one attached hydrogen (secondary N) is 1. The van der Waals surface area contributed by atoms with E-state index in [-0.39, 0.29) is 30.2 Å². The van der Waals surface area contributed by atoms with Crippen molar-refractivity contribution in [2.24, 2.45) is 0 Å². The summed E-state index contributed by atoms with van der Waals surface area (Å²) in [5.41, 5.74) is 5.77. The number of halogens is 1. The third-order valence-corrected chi connectivity index (χ3v) is 4.20. The van der Waals surface area contributed by atoms with Crippen LogP contribution in [0.2, 0.25) is 0 Å². The Hall–Kier alpha value is -1.12. The number of carbonyl (C=O) groups is 1. The summed E-state index contributed by atoms with van der Waals surface area (Å²) in [6.07, 6.45) is -0.0268. The van der Waals surface area contributed by atoms with Gasteiger partial charge in [0.1, 0.15) is 4.90 Å². The number of hydrogen-bond acceptors (Lipinski definition) is 5. The predicted molar refractivity (Wildman–Crippen MR) is 75.0 cm³/mol. The molecular weight excluding hydrogens is 336 g/mol. The standard InChI is InChI=1S/C11H15BrN2O4S/c1-2-18-11(15)5-6-14-19(16,17)10-7-8(12)3-4-9(10)13/h3-4,7,14H,2,5-6,13H2,1H3. The van der Waals surface area contributed by atoms with Crippen molar-refractivity contribution < 1.29 is 17.9 Å². The van der Waals surface area contributed by atoms with Crippen molar-refractivity contribution in [2.45, 2.75) is 18.2 Å². The number of anilines is 1. The number of sulfonamides is 1. The van der Waals surface area contributed by atoms with Gasteiger partial charge in [0.2, 0.25) is 10.0 Å². The first-order valence-electron chi connectivity index (χ1n) is 5.57. The van der Waals surface area contributed by atoms with Gasteiger partial charge in [-0.3, -0.25) is 4.79 Å². The molecule has 106 valence electrons. The van der Waals surface area contributed by atoms with E-state index in [1.54, 1.807) is 13.0 Å². The fourth-order valence-corrected chi connectivity index (χ4v) is 3.04. The highest BCUT2D eigenvalue weighted by Crippen LogP contribution is 2.22. The number of hydrogen-bond donors (Lipinski definition) is 2. The maximum absolute atomic E-state index is 12.0. The summed E-state index contributed by atoms with van der Waals surface area (Å²) in [4.78, 5) is 11.1. The van der Waals surface area contributed by atoms with E-state index in [1.165, 1.54) is 12.1 Å². The number of carbonyl (C=O) groups excluding carboxylic acids is 1. The minimum atomic E-state index is -3.74. The molecule has 0 aliphatic carbocycles. The van der Waals surface area contributed by atoms with Gasteiger partial charge >= 0.3 is 5.97 Å². The molecule has 0 saturated heterocycles. The van der Waals surface area contributed by atoms with E-state index in [0.717, 1.165) is 0 Å². The molecule has 0 aromatic heterocycles. The van der Waals surface area contributed by atoms with Gasteiger partial charge < -0.3 is 10.5 Å². The van der Waals surface area contributed by atoms with Gasteiger partial charge in [-0.2, -0.15) is 0 Å². The highest BCUT2D eigenvalue weighted by molar-refractivity contribution is 9.10. The first-order chi connectivity index (χ1) is 8.86. The Bertz CT molecular complexity index is 560. The first-order valence-corrected chi connectivity index (χ1v) is 7.84. The molecule has 0 bridgehead atoms. The van der Waals surface area contributed by atoms with Gasteiger partial charge in [-0.05, 0) is 25.1 Å². The monoisotopic (exact) mass is 350 g/mol. The Morgan fingerprint density at radius 1 is 1.47 bits per heavy atom. The Labute approximate surface area is 120 Å². The number of nitrogens with two attached hydrogens (primary N) is 1. The molecular formula is C11H15BrN2O4S. The van der Waals surface area contributed by atoms with Crippen LogP contribution in [-0.2, 0) is 19.6 Å². The molecule has 8 heteroatoms. The van der Waals surface area contributed by atoms with Gasteiger partial charge in [0.05, 0.1) is 18.7 Å². The Balaban J connectivity index is 2.71. The average molecular weight is 351 g/mol. The smallest absolute Gasteiger partial charge is 0.307 e. The normalized spacial score (nSPS) is 11.3. The molecule has 1 aromatic rings. The van der Waals surface area contributed by atoms with Crippen molar-refractivity contribution in [1.29, 1.82) is 0 Å². The number of rotatable bonds is 6. The van der Waals surface area contributed by atoms with E-state index in [2.05, 4.69) is 20.7 Å². The predicted octanol–water partition coefficient (Wildman–Crippen LogP) is 1.26. The largest absolute Gasteiger partial charge is 0.466 e. The highest BCUT2D eigenvalue weighted by atomic mass is 79.9. The molecule has 0 heterocycles. The summed E-state index contributed by atoms with van der Waals surface area (Å²) < 4.78 is 31.6. The zero-order valence-corrected chi connectivity index (χ0v) is 12.8. The summed E-state index contributed by atoms with van der Waals surface area (Å²) in [5, 5.41) is 0. The third-order valence-electron chi connectivity index (χ3n) is 2.19. The van der Waals surface area contributed by atoms with Crippen LogP contribution >= 0.6 is 15.9 Å². The van der Waals surface area contributed by atoms with Gasteiger partial charge in [0.25, 0.3) is 0 Å². The maximum atomic E-state index is 12.0. The zero-order valence-electron chi connectivity index (χ0n) is 10.3. The summed E-state index contributed by atoms with van der Waals surface area (Å²) in [6.45, 7) is 1.92. The Morgan fingerprint density at radius 2 is 2.16 bits per heavy atom. The molecule has 1 rings (SSSR count). The summed E-state index contributed by atoms with van der Waals surface area (Å²) in [5.74, 6) is -0.451. The topological polar surface area (TPSA) is 98.5 Å². The molecule has 1 aromatic carbocycles. The van der Waals surface area contributed by atoms with Crippen molar-refractivity contribution in [3.05, 3.63) is 22.7 Å². The highest BCUT2D eigenvalue weighted by Gasteiger charge is 2.17. The van der Waals surface area contributed by atoms with Crippen molar-refractivity contribution in [3.8, 4) is 0 Å². The van der Waals surface area contributed by atoms with Crippen LogP contribution in [0.5, 0.6) is 0 Å². The molecule has 0 atom stereocenters. The Morgan fingerprint density at radius 3 is 2.79 bits per heavy atom. The van der Waals surface area contributed by atoms with E-state index < -0.39 is 16.0 Å². The first kappa shape index (κ1) is 15.9. The molecule has 0 fully saturated rings. The maximum Gasteiger partial charge on any atom is 0.307 e. The molecule has 0 saturated carbocycles. The number of benzene rings is 1. The van der Waals surface area contributed by atoms with Crippen LogP contribution in [0, 0.1) is 0 Å². The van der Waals surface area contributed by atoms with Crippen LogP contribution in [0.4, 0.5) is 5.69 Å². The molecule has 0 aliphatic heterocycles. The lowest BCUT2D eigenvalue weighted by Gasteiger charge is -2.09. The molecule has 3 N–H and O–H groups in total. The van der Waals surface area contributed by atoms with Crippen molar-refractivity contribution >= 4 is 37.6 Å². The molecule has 0 aliphatic rings. The summed E-state index contributed by atoms with van der Waals surface area (Å²) in [7, 11) is -3.74. The summed E-state index contributed by atoms with van der Waals surface area (Å²) >= 11 is 3.18. The molecule has 0 unspecified atom stereocenters. The third kappa shape index (κ3) is 4.81. The van der Waals surface area contributed by atoms with Gasteiger partial charge in [0, 0.05) is 11.0 Å². The lowest BCUT2D eigenvalue weighted by atomic mass is 10.3. The lowest BCUT2D eigenvalue weighted by Crippen LogP contribution is -2.27. The quantitative estimate of drug-likeness (QED) is 0.594. The second-order valence-electron chi connectivity index (χ2n) is 3.63. The van der Waals surface area contributed by atoms with Crippen LogP contribution < -0.4 is 10.5 Å².